The average Bonchev–Trinajstić information content (AvgIpc) is 2.36. The molecule has 0 radical (unpaired) electrons. The monoisotopic (exact) mass is 302 g/mol. The quantitative estimate of drug-likeness (QED) is 0.462. The van der Waals surface area contributed by atoms with Gasteiger partial charge in [-0.25, -0.2) is 12.7 Å². The number of anilines is 1. The predicted octanol–water partition coefficient (Wildman–Crippen LogP) is 1.16. The van der Waals surface area contributed by atoms with Crippen molar-refractivity contribution in [3.63, 3.8) is 0 Å². The number of nitrogen functional groups attached to an aromatic ring is 1. The highest BCUT2D eigenvalue weighted by Gasteiger charge is 2.26. The van der Waals surface area contributed by atoms with Gasteiger partial charge in [-0.15, -0.1) is 0 Å². The topological polar surface area (TPSA) is 119 Å². The number of rotatable bonds is 6. The van der Waals surface area contributed by atoms with Crippen molar-refractivity contribution < 1.29 is 13.3 Å². The van der Waals surface area contributed by atoms with E-state index in [1.807, 2.05) is 13.8 Å². The Hall–Kier alpha value is -1.71. The second-order valence-corrected chi connectivity index (χ2v) is 6.77. The van der Waals surface area contributed by atoms with E-state index in [-0.39, 0.29) is 22.2 Å². The van der Waals surface area contributed by atoms with Crippen LogP contribution < -0.4 is 11.3 Å². The van der Waals surface area contributed by atoms with Crippen LogP contribution in [0.5, 0.6) is 0 Å². The van der Waals surface area contributed by atoms with Gasteiger partial charge in [-0.05, 0) is 12.0 Å². The van der Waals surface area contributed by atoms with Crippen LogP contribution in [-0.4, -0.2) is 31.2 Å². The van der Waals surface area contributed by atoms with Crippen molar-refractivity contribution in [1.29, 1.82) is 0 Å². The number of nitrogens with zero attached hydrogens (tertiary/aromatic N) is 2. The largest absolute Gasteiger partial charge is 0.323 e. The summed E-state index contributed by atoms with van der Waals surface area (Å²) < 4.78 is 26.0. The number of hydrogen-bond donors (Lipinski definition) is 2. The lowest BCUT2D eigenvalue weighted by Crippen LogP contribution is -2.31. The Bertz CT molecular complexity index is 600. The molecule has 20 heavy (non-hydrogen) atoms. The molecule has 0 saturated heterocycles. The van der Waals surface area contributed by atoms with E-state index in [1.54, 1.807) is 0 Å². The molecule has 0 aliphatic heterocycles. The van der Waals surface area contributed by atoms with Crippen LogP contribution in [0.3, 0.4) is 0 Å². The van der Waals surface area contributed by atoms with Gasteiger partial charge in [0.1, 0.15) is 4.90 Å². The lowest BCUT2D eigenvalue weighted by atomic mass is 10.2. The molecule has 3 N–H and O–H groups in total. The Morgan fingerprint density at radius 2 is 2.05 bits per heavy atom. The van der Waals surface area contributed by atoms with Crippen molar-refractivity contribution in [2.45, 2.75) is 18.7 Å². The number of benzene rings is 1. The summed E-state index contributed by atoms with van der Waals surface area (Å²) in [6.07, 6.45) is 0. The molecule has 0 aromatic heterocycles. The Morgan fingerprint density at radius 1 is 1.45 bits per heavy atom. The number of nitro groups is 1. The molecule has 0 amide bonds. The van der Waals surface area contributed by atoms with Crippen LogP contribution in [0.4, 0.5) is 11.4 Å². The molecular formula is C11H18N4O4S. The van der Waals surface area contributed by atoms with E-state index in [2.05, 4.69) is 5.43 Å². The van der Waals surface area contributed by atoms with E-state index >= 15 is 0 Å². The second-order valence-electron chi connectivity index (χ2n) is 4.76. The second kappa shape index (κ2) is 6.16. The van der Waals surface area contributed by atoms with E-state index in [0.717, 1.165) is 10.4 Å². The van der Waals surface area contributed by atoms with Crippen LogP contribution in [0.25, 0.3) is 0 Å². The molecule has 0 heterocycles. The summed E-state index contributed by atoms with van der Waals surface area (Å²) >= 11 is 0. The number of nitrogens with two attached hydrogens (primary N) is 1. The zero-order valence-corrected chi connectivity index (χ0v) is 12.3. The minimum Gasteiger partial charge on any atom is -0.323 e. The summed E-state index contributed by atoms with van der Waals surface area (Å²) in [6.45, 7) is 4.05. The summed E-state index contributed by atoms with van der Waals surface area (Å²) in [6, 6.07) is 3.46. The normalized spacial score (nSPS) is 11.9. The maximum atomic E-state index is 12.4. The van der Waals surface area contributed by atoms with Gasteiger partial charge in [0.15, 0.2) is 0 Å². The Morgan fingerprint density at radius 3 is 2.50 bits per heavy atom. The first kappa shape index (κ1) is 16.3. The lowest BCUT2D eigenvalue weighted by Gasteiger charge is -2.20. The van der Waals surface area contributed by atoms with Crippen molar-refractivity contribution in [2.75, 3.05) is 19.0 Å². The first-order valence-electron chi connectivity index (χ1n) is 5.91. The number of nitrogens with one attached hydrogen (secondary N) is 1. The third-order valence-corrected chi connectivity index (χ3v) is 4.51. The van der Waals surface area contributed by atoms with E-state index in [4.69, 9.17) is 5.84 Å². The highest BCUT2D eigenvalue weighted by molar-refractivity contribution is 7.89. The number of hydrazine groups is 1. The number of sulfonamides is 1. The standard InChI is InChI=1S/C11H18N4O4S/c1-8(2)7-14(3)20(18,19)11-6-9(15(16)17)4-5-10(11)13-12/h4-6,8,13H,7,12H2,1-3H3. The van der Waals surface area contributed by atoms with E-state index in [0.29, 0.717) is 6.54 Å². The van der Waals surface area contributed by atoms with Gasteiger partial charge >= 0.3 is 0 Å². The molecule has 1 rings (SSSR count). The molecule has 0 spiro atoms. The minimum absolute atomic E-state index is 0.117. The smallest absolute Gasteiger partial charge is 0.270 e. The highest BCUT2D eigenvalue weighted by Crippen LogP contribution is 2.28. The summed E-state index contributed by atoms with van der Waals surface area (Å²) in [4.78, 5) is 9.91. The molecule has 0 unspecified atom stereocenters. The van der Waals surface area contributed by atoms with Crippen molar-refractivity contribution >= 4 is 21.4 Å². The molecule has 0 fully saturated rings. The van der Waals surface area contributed by atoms with Crippen LogP contribution in [0, 0.1) is 16.0 Å². The molecule has 8 nitrogen and oxygen atoms in total. The van der Waals surface area contributed by atoms with Gasteiger partial charge in [-0.1, -0.05) is 13.8 Å². The Balaban J connectivity index is 3.35. The average molecular weight is 302 g/mol. The predicted molar refractivity (Wildman–Crippen MR) is 75.6 cm³/mol. The van der Waals surface area contributed by atoms with Crippen molar-refractivity contribution in [3.05, 3.63) is 28.3 Å². The van der Waals surface area contributed by atoms with Gasteiger partial charge in [0, 0.05) is 25.7 Å². The van der Waals surface area contributed by atoms with Gasteiger partial charge in [-0.3, -0.25) is 16.0 Å². The third-order valence-electron chi connectivity index (χ3n) is 2.64. The summed E-state index contributed by atoms with van der Waals surface area (Å²) in [5.41, 5.74) is 2.06. The fourth-order valence-electron chi connectivity index (χ4n) is 1.74. The Kier molecular flexibility index (Phi) is 5.03. The number of non-ortho nitro benzene ring substituents is 1. The maximum Gasteiger partial charge on any atom is 0.270 e. The highest BCUT2D eigenvalue weighted by atomic mass is 32.2. The molecule has 0 atom stereocenters. The molecular weight excluding hydrogens is 284 g/mol. The van der Waals surface area contributed by atoms with Crippen molar-refractivity contribution in [2.24, 2.45) is 11.8 Å². The molecule has 112 valence electrons. The Labute approximate surface area is 117 Å². The van der Waals surface area contributed by atoms with Crippen LogP contribution in [0.1, 0.15) is 13.8 Å². The van der Waals surface area contributed by atoms with Crippen molar-refractivity contribution in [3.8, 4) is 0 Å². The molecule has 0 saturated carbocycles. The van der Waals surface area contributed by atoms with E-state index in [9.17, 15) is 18.5 Å². The number of nitro benzene ring substituents is 1. The summed E-state index contributed by atoms with van der Waals surface area (Å²) in [5.74, 6) is 5.40. The first-order chi connectivity index (χ1) is 9.20. The molecule has 0 aliphatic rings. The van der Waals surface area contributed by atoms with Crippen LogP contribution in [0.2, 0.25) is 0 Å². The van der Waals surface area contributed by atoms with Gasteiger partial charge < -0.3 is 5.43 Å². The molecule has 0 aliphatic carbocycles. The van der Waals surface area contributed by atoms with E-state index < -0.39 is 14.9 Å². The fourth-order valence-corrected chi connectivity index (χ4v) is 3.24. The van der Waals surface area contributed by atoms with Gasteiger partial charge in [0.05, 0.1) is 10.6 Å². The fraction of sp³-hybridized carbons (Fsp3) is 0.455. The maximum absolute atomic E-state index is 12.4. The molecule has 1 aromatic carbocycles. The lowest BCUT2D eigenvalue weighted by molar-refractivity contribution is -0.385. The van der Waals surface area contributed by atoms with Crippen LogP contribution >= 0.6 is 0 Å². The van der Waals surface area contributed by atoms with Gasteiger partial charge in [-0.2, -0.15) is 0 Å². The minimum atomic E-state index is -3.85. The zero-order valence-electron chi connectivity index (χ0n) is 11.5. The summed E-state index contributed by atoms with van der Waals surface area (Å²) in [7, 11) is -2.42. The van der Waals surface area contributed by atoms with Crippen molar-refractivity contribution in [1.82, 2.24) is 4.31 Å². The molecule has 0 bridgehead atoms. The van der Waals surface area contributed by atoms with Gasteiger partial charge in [0.2, 0.25) is 10.0 Å². The van der Waals surface area contributed by atoms with E-state index in [1.165, 1.54) is 19.2 Å². The van der Waals surface area contributed by atoms with Gasteiger partial charge in [0.25, 0.3) is 5.69 Å². The zero-order chi connectivity index (χ0) is 15.5. The van der Waals surface area contributed by atoms with Crippen LogP contribution in [-0.2, 0) is 10.0 Å². The SMILES string of the molecule is CC(C)CN(C)S(=O)(=O)c1cc([N+](=O)[O-])ccc1NN. The third kappa shape index (κ3) is 3.44. The molecule has 9 heteroatoms. The molecule has 1 aromatic rings. The first-order valence-corrected chi connectivity index (χ1v) is 7.35. The van der Waals surface area contributed by atoms with Crippen LogP contribution in [0.15, 0.2) is 23.1 Å². The summed E-state index contributed by atoms with van der Waals surface area (Å²) in [5, 5.41) is 10.8. The number of hydrogen-bond acceptors (Lipinski definition) is 6.